The summed E-state index contributed by atoms with van der Waals surface area (Å²) in [6.07, 6.45) is 2.13. The molecular formula is C19H20N2O4. The number of benzene rings is 2. The van der Waals surface area contributed by atoms with Gasteiger partial charge in [-0.25, -0.2) is 0 Å². The van der Waals surface area contributed by atoms with Crippen LogP contribution in [0.2, 0.25) is 0 Å². The maximum atomic E-state index is 12.1. The first-order chi connectivity index (χ1) is 12.1. The van der Waals surface area contributed by atoms with Crippen molar-refractivity contribution in [2.45, 2.75) is 19.3 Å². The zero-order valence-corrected chi connectivity index (χ0v) is 14.0. The SMILES string of the molecule is COc1ccc(OCC(=O)Nc2ccc3c(c2)CCCC(=O)N3)cc1. The van der Waals surface area contributed by atoms with Crippen LogP contribution in [0.15, 0.2) is 42.5 Å². The number of nitrogens with one attached hydrogen (secondary N) is 2. The summed E-state index contributed by atoms with van der Waals surface area (Å²) in [6, 6.07) is 12.5. The van der Waals surface area contributed by atoms with Gasteiger partial charge in [-0.05, 0) is 60.9 Å². The van der Waals surface area contributed by atoms with Gasteiger partial charge in [0.05, 0.1) is 7.11 Å². The Hall–Kier alpha value is -3.02. The van der Waals surface area contributed by atoms with E-state index in [0.717, 1.165) is 29.8 Å². The summed E-state index contributed by atoms with van der Waals surface area (Å²) in [6.45, 7) is -0.0832. The third-order valence-electron chi connectivity index (χ3n) is 3.94. The van der Waals surface area contributed by atoms with Crippen molar-refractivity contribution in [1.29, 1.82) is 0 Å². The molecule has 2 aromatic rings. The van der Waals surface area contributed by atoms with Crippen molar-refractivity contribution in [1.82, 2.24) is 0 Å². The Kier molecular flexibility index (Phi) is 5.18. The van der Waals surface area contributed by atoms with Crippen LogP contribution in [0.1, 0.15) is 18.4 Å². The molecule has 0 aromatic heterocycles. The van der Waals surface area contributed by atoms with Crippen LogP contribution in [0.4, 0.5) is 11.4 Å². The maximum absolute atomic E-state index is 12.1. The third kappa shape index (κ3) is 4.50. The number of aryl methyl sites for hydroxylation is 1. The number of amides is 2. The van der Waals surface area contributed by atoms with Gasteiger partial charge in [-0.15, -0.1) is 0 Å². The minimum absolute atomic E-state index is 0.0310. The van der Waals surface area contributed by atoms with Crippen molar-refractivity contribution in [2.75, 3.05) is 24.4 Å². The van der Waals surface area contributed by atoms with Gasteiger partial charge in [0.25, 0.3) is 5.91 Å². The Morgan fingerprint density at radius 1 is 1.12 bits per heavy atom. The topological polar surface area (TPSA) is 76.7 Å². The van der Waals surface area contributed by atoms with Gasteiger partial charge < -0.3 is 20.1 Å². The van der Waals surface area contributed by atoms with E-state index in [1.807, 2.05) is 12.1 Å². The molecular weight excluding hydrogens is 320 g/mol. The van der Waals surface area contributed by atoms with E-state index in [-0.39, 0.29) is 18.4 Å². The molecule has 1 heterocycles. The van der Waals surface area contributed by atoms with Crippen molar-refractivity contribution in [3.05, 3.63) is 48.0 Å². The Morgan fingerprint density at radius 2 is 1.88 bits per heavy atom. The van der Waals surface area contributed by atoms with Gasteiger partial charge in [-0.2, -0.15) is 0 Å². The number of hydrogen-bond acceptors (Lipinski definition) is 4. The van der Waals surface area contributed by atoms with Crippen LogP contribution >= 0.6 is 0 Å². The number of fused-ring (bicyclic) bond motifs is 1. The van der Waals surface area contributed by atoms with E-state index in [0.29, 0.717) is 17.9 Å². The molecule has 0 bridgehead atoms. The fraction of sp³-hybridized carbons (Fsp3) is 0.263. The van der Waals surface area contributed by atoms with E-state index in [1.165, 1.54) is 0 Å². The molecule has 0 fully saturated rings. The molecule has 3 rings (SSSR count). The lowest BCUT2D eigenvalue weighted by Crippen LogP contribution is -2.20. The Balaban J connectivity index is 1.57. The van der Waals surface area contributed by atoms with Gasteiger partial charge in [0, 0.05) is 17.8 Å². The molecule has 0 aliphatic carbocycles. The van der Waals surface area contributed by atoms with Crippen LogP contribution in [0.5, 0.6) is 11.5 Å². The van der Waals surface area contributed by atoms with Crippen LogP contribution in [0, 0.1) is 0 Å². The average Bonchev–Trinajstić information content (AvgIpc) is 2.80. The van der Waals surface area contributed by atoms with E-state index < -0.39 is 0 Å². The monoisotopic (exact) mass is 340 g/mol. The van der Waals surface area contributed by atoms with Gasteiger partial charge >= 0.3 is 0 Å². The molecule has 1 aliphatic heterocycles. The highest BCUT2D eigenvalue weighted by Crippen LogP contribution is 2.25. The predicted molar refractivity (Wildman–Crippen MR) is 95.1 cm³/mol. The number of carbonyl (C=O) groups excluding carboxylic acids is 2. The molecule has 130 valence electrons. The maximum Gasteiger partial charge on any atom is 0.262 e. The highest BCUT2D eigenvalue weighted by Gasteiger charge is 2.13. The van der Waals surface area contributed by atoms with Crippen molar-refractivity contribution in [3.8, 4) is 11.5 Å². The predicted octanol–water partition coefficient (Wildman–Crippen LogP) is 2.99. The molecule has 0 unspecified atom stereocenters. The highest BCUT2D eigenvalue weighted by molar-refractivity contribution is 5.94. The molecule has 0 atom stereocenters. The Morgan fingerprint density at radius 3 is 2.64 bits per heavy atom. The summed E-state index contributed by atoms with van der Waals surface area (Å²) in [5.41, 5.74) is 2.54. The summed E-state index contributed by atoms with van der Waals surface area (Å²) in [5, 5.41) is 5.69. The fourth-order valence-corrected chi connectivity index (χ4v) is 2.67. The normalized spacial score (nSPS) is 13.2. The first-order valence-electron chi connectivity index (χ1n) is 8.13. The summed E-state index contributed by atoms with van der Waals surface area (Å²) in [7, 11) is 1.59. The molecule has 25 heavy (non-hydrogen) atoms. The Labute approximate surface area is 146 Å². The summed E-state index contributed by atoms with van der Waals surface area (Å²) >= 11 is 0. The van der Waals surface area contributed by atoms with Gasteiger partial charge in [-0.3, -0.25) is 9.59 Å². The first kappa shape index (κ1) is 16.8. The molecule has 1 aliphatic rings. The second kappa shape index (κ2) is 7.70. The second-order valence-electron chi connectivity index (χ2n) is 5.79. The molecule has 2 aromatic carbocycles. The molecule has 0 spiro atoms. The minimum Gasteiger partial charge on any atom is -0.497 e. The molecule has 2 N–H and O–H groups in total. The van der Waals surface area contributed by atoms with Crippen molar-refractivity contribution in [3.63, 3.8) is 0 Å². The van der Waals surface area contributed by atoms with Crippen molar-refractivity contribution >= 4 is 23.2 Å². The molecule has 2 amide bonds. The lowest BCUT2D eigenvalue weighted by atomic mass is 10.1. The second-order valence-corrected chi connectivity index (χ2v) is 5.79. The van der Waals surface area contributed by atoms with Crippen LogP contribution in [-0.2, 0) is 16.0 Å². The largest absolute Gasteiger partial charge is 0.497 e. The first-order valence-corrected chi connectivity index (χ1v) is 8.13. The van der Waals surface area contributed by atoms with Gasteiger partial charge in [0.2, 0.25) is 5.91 Å². The molecule has 0 saturated heterocycles. The number of ether oxygens (including phenoxy) is 2. The van der Waals surface area contributed by atoms with Crippen LogP contribution in [0.3, 0.4) is 0 Å². The van der Waals surface area contributed by atoms with Gasteiger partial charge in [0.15, 0.2) is 6.61 Å². The summed E-state index contributed by atoms with van der Waals surface area (Å²) in [5.74, 6) is 1.12. The number of rotatable bonds is 5. The number of anilines is 2. The Bertz CT molecular complexity index is 771. The zero-order valence-electron chi connectivity index (χ0n) is 14.0. The molecule has 6 nitrogen and oxygen atoms in total. The van der Waals surface area contributed by atoms with Crippen LogP contribution in [0.25, 0.3) is 0 Å². The average molecular weight is 340 g/mol. The molecule has 0 radical (unpaired) electrons. The highest BCUT2D eigenvalue weighted by atomic mass is 16.5. The third-order valence-corrected chi connectivity index (χ3v) is 3.94. The standard InChI is InChI=1S/C19H20N2O4/c1-24-15-6-8-16(9-7-15)25-12-19(23)20-14-5-10-17-13(11-14)3-2-4-18(22)21-17/h5-11H,2-4,12H2,1H3,(H,20,23)(H,21,22). The van der Waals surface area contributed by atoms with Crippen LogP contribution < -0.4 is 20.1 Å². The van der Waals surface area contributed by atoms with E-state index in [4.69, 9.17) is 9.47 Å². The quantitative estimate of drug-likeness (QED) is 0.877. The number of hydrogen-bond donors (Lipinski definition) is 2. The van der Waals surface area contributed by atoms with E-state index in [9.17, 15) is 9.59 Å². The minimum atomic E-state index is -0.242. The summed E-state index contributed by atoms with van der Waals surface area (Å²) in [4.78, 5) is 23.6. The number of methoxy groups -OCH3 is 1. The smallest absolute Gasteiger partial charge is 0.262 e. The van der Waals surface area contributed by atoms with Crippen molar-refractivity contribution < 1.29 is 19.1 Å². The summed E-state index contributed by atoms with van der Waals surface area (Å²) < 4.78 is 10.5. The van der Waals surface area contributed by atoms with Gasteiger partial charge in [-0.1, -0.05) is 0 Å². The molecule has 0 saturated carbocycles. The van der Waals surface area contributed by atoms with Crippen molar-refractivity contribution in [2.24, 2.45) is 0 Å². The fourth-order valence-electron chi connectivity index (χ4n) is 2.67. The zero-order chi connectivity index (χ0) is 17.6. The lowest BCUT2D eigenvalue weighted by molar-refractivity contribution is -0.118. The van der Waals surface area contributed by atoms with E-state index in [1.54, 1.807) is 37.4 Å². The van der Waals surface area contributed by atoms with Gasteiger partial charge in [0.1, 0.15) is 11.5 Å². The lowest BCUT2D eigenvalue weighted by Gasteiger charge is -2.11. The van der Waals surface area contributed by atoms with E-state index in [2.05, 4.69) is 10.6 Å². The number of carbonyl (C=O) groups is 2. The molecule has 6 heteroatoms. The van der Waals surface area contributed by atoms with Crippen LogP contribution in [-0.4, -0.2) is 25.5 Å². The van der Waals surface area contributed by atoms with E-state index >= 15 is 0 Å².